The third-order valence-corrected chi connectivity index (χ3v) is 2.80. The van der Waals surface area contributed by atoms with Crippen molar-refractivity contribution in [1.82, 2.24) is 9.97 Å². The third-order valence-electron chi connectivity index (χ3n) is 2.80. The van der Waals surface area contributed by atoms with Crippen molar-refractivity contribution in [3.05, 3.63) is 53.9 Å². The molecule has 0 fully saturated rings. The Hall–Kier alpha value is -2.07. The maximum atomic E-state index is 13.4. The molecule has 1 aromatic heterocycles. The van der Waals surface area contributed by atoms with Gasteiger partial charge >= 0.3 is 0 Å². The normalized spacial score (nSPS) is 11.6. The summed E-state index contributed by atoms with van der Waals surface area (Å²) in [5, 5.41) is 8.64. The van der Waals surface area contributed by atoms with Gasteiger partial charge in [0.25, 0.3) is 0 Å². The first-order chi connectivity index (χ1) is 9.24. The Labute approximate surface area is 111 Å². The number of hydrogen-bond acceptors (Lipinski definition) is 3. The van der Waals surface area contributed by atoms with Crippen molar-refractivity contribution in [1.29, 1.82) is 0 Å². The van der Waals surface area contributed by atoms with Gasteiger partial charge in [-0.3, -0.25) is 0 Å². The first-order valence-electron chi connectivity index (χ1n) is 6.13. The van der Waals surface area contributed by atoms with Crippen molar-refractivity contribution in [2.24, 2.45) is 0 Å². The highest BCUT2D eigenvalue weighted by Gasteiger charge is 2.03. The largest absolute Gasteiger partial charge is 0.392 e. The van der Waals surface area contributed by atoms with Crippen molar-refractivity contribution in [2.75, 3.05) is 6.61 Å². The Morgan fingerprint density at radius 2 is 1.84 bits per heavy atom. The van der Waals surface area contributed by atoms with Gasteiger partial charge in [-0.2, -0.15) is 0 Å². The zero-order chi connectivity index (χ0) is 13.7. The summed E-state index contributed by atoms with van der Waals surface area (Å²) in [4.78, 5) is 8.54. The molecule has 2 aromatic rings. The van der Waals surface area contributed by atoms with Gasteiger partial charge in [0, 0.05) is 23.5 Å². The molecule has 0 spiro atoms. The van der Waals surface area contributed by atoms with E-state index in [9.17, 15) is 4.39 Å². The number of rotatable bonds is 4. The van der Waals surface area contributed by atoms with Gasteiger partial charge < -0.3 is 5.11 Å². The maximum Gasteiger partial charge on any atom is 0.159 e. The molecule has 0 aliphatic heterocycles. The monoisotopic (exact) mass is 258 g/mol. The van der Waals surface area contributed by atoms with E-state index < -0.39 is 5.83 Å². The summed E-state index contributed by atoms with van der Waals surface area (Å²) in [6, 6.07) is 6.82. The summed E-state index contributed by atoms with van der Waals surface area (Å²) in [6.45, 7) is 1.73. The highest BCUT2D eigenvalue weighted by Crippen LogP contribution is 2.20. The number of aliphatic hydroxyl groups is 1. The van der Waals surface area contributed by atoms with Crippen molar-refractivity contribution in [2.45, 2.75) is 13.3 Å². The van der Waals surface area contributed by atoms with Crippen LogP contribution in [0.2, 0.25) is 0 Å². The van der Waals surface area contributed by atoms with Crippen LogP contribution >= 0.6 is 0 Å². The number of halogens is 1. The molecular formula is C15H15FN2O. The van der Waals surface area contributed by atoms with E-state index in [0.29, 0.717) is 11.4 Å². The Bertz CT molecular complexity index is 562. The lowest BCUT2D eigenvalue weighted by molar-refractivity contribution is 0.342. The number of aryl methyl sites for hydroxylation is 1. The zero-order valence-corrected chi connectivity index (χ0v) is 10.7. The fourth-order valence-corrected chi connectivity index (χ4v) is 1.66. The predicted molar refractivity (Wildman–Crippen MR) is 73.0 cm³/mol. The molecule has 0 saturated heterocycles. The van der Waals surface area contributed by atoms with E-state index in [4.69, 9.17) is 5.11 Å². The van der Waals surface area contributed by atoms with E-state index in [1.807, 2.05) is 6.92 Å². The molecule has 1 aromatic carbocycles. The molecule has 0 unspecified atom stereocenters. The van der Waals surface area contributed by atoms with Crippen LogP contribution in [0.25, 0.3) is 17.2 Å². The van der Waals surface area contributed by atoms with Crippen molar-refractivity contribution >= 4 is 5.83 Å². The van der Waals surface area contributed by atoms with Crippen LogP contribution in [0, 0.1) is 0 Å². The minimum Gasteiger partial charge on any atom is -0.392 e. The van der Waals surface area contributed by atoms with E-state index in [1.165, 1.54) is 0 Å². The van der Waals surface area contributed by atoms with Gasteiger partial charge in [0.15, 0.2) is 5.82 Å². The molecule has 2 rings (SSSR count). The summed E-state index contributed by atoms with van der Waals surface area (Å²) >= 11 is 0. The van der Waals surface area contributed by atoms with Crippen molar-refractivity contribution < 1.29 is 9.50 Å². The Balaban J connectivity index is 2.24. The van der Waals surface area contributed by atoms with Gasteiger partial charge in [-0.25, -0.2) is 14.4 Å². The van der Waals surface area contributed by atoms with Gasteiger partial charge in [-0.15, -0.1) is 0 Å². The molecule has 0 atom stereocenters. The molecule has 0 aliphatic rings. The van der Waals surface area contributed by atoms with E-state index in [0.717, 1.165) is 23.6 Å². The molecule has 0 bridgehead atoms. The quantitative estimate of drug-likeness (QED) is 0.917. The van der Waals surface area contributed by atoms with Gasteiger partial charge in [-0.1, -0.05) is 31.2 Å². The molecule has 98 valence electrons. The van der Waals surface area contributed by atoms with Crippen LogP contribution in [-0.4, -0.2) is 21.7 Å². The van der Waals surface area contributed by atoms with Crippen LogP contribution in [0.5, 0.6) is 0 Å². The average Bonchev–Trinajstić information content (AvgIpc) is 2.48. The summed E-state index contributed by atoms with van der Waals surface area (Å²) < 4.78 is 13.4. The molecule has 0 aliphatic carbocycles. The Morgan fingerprint density at radius 3 is 2.37 bits per heavy atom. The van der Waals surface area contributed by atoms with Crippen LogP contribution in [-0.2, 0) is 6.42 Å². The molecule has 4 heteroatoms. The van der Waals surface area contributed by atoms with Crippen molar-refractivity contribution in [3.8, 4) is 11.4 Å². The van der Waals surface area contributed by atoms with E-state index in [1.54, 1.807) is 36.7 Å². The predicted octanol–water partition coefficient (Wildman–Crippen LogP) is 3.01. The van der Waals surface area contributed by atoms with E-state index >= 15 is 0 Å². The van der Waals surface area contributed by atoms with Gasteiger partial charge in [0.2, 0.25) is 0 Å². The van der Waals surface area contributed by atoms with Crippen LogP contribution in [0.15, 0.2) is 42.7 Å². The Kier molecular flexibility index (Phi) is 4.36. The second kappa shape index (κ2) is 6.20. The van der Waals surface area contributed by atoms with Crippen LogP contribution in [0.1, 0.15) is 18.1 Å². The topological polar surface area (TPSA) is 46.0 Å². The maximum absolute atomic E-state index is 13.4. The highest BCUT2D eigenvalue weighted by molar-refractivity contribution is 5.63. The summed E-state index contributed by atoms with van der Waals surface area (Å²) in [7, 11) is 0. The average molecular weight is 258 g/mol. The molecule has 0 amide bonds. The number of nitrogens with zero attached hydrogens (tertiary/aromatic N) is 2. The fraction of sp³-hybridized carbons (Fsp3) is 0.200. The first kappa shape index (κ1) is 13.4. The number of benzene rings is 1. The van der Waals surface area contributed by atoms with Crippen LogP contribution in [0.3, 0.4) is 0 Å². The smallest absolute Gasteiger partial charge is 0.159 e. The second-order valence-corrected chi connectivity index (χ2v) is 4.08. The molecule has 0 radical (unpaired) electrons. The van der Waals surface area contributed by atoms with Crippen LogP contribution < -0.4 is 0 Å². The summed E-state index contributed by atoms with van der Waals surface area (Å²) in [5.41, 5.74) is 2.35. The number of aliphatic hydroxyl groups excluding tert-OH is 1. The van der Waals surface area contributed by atoms with Gasteiger partial charge in [0.05, 0.1) is 6.61 Å². The molecule has 1 heterocycles. The van der Waals surface area contributed by atoms with Gasteiger partial charge in [-0.05, 0) is 18.1 Å². The fourth-order valence-electron chi connectivity index (χ4n) is 1.66. The SMILES string of the molecule is CCc1cnc(-c2ccc(C(F)=CCO)cc2)nc1. The number of hydrogen-bond donors (Lipinski definition) is 1. The molecular weight excluding hydrogens is 243 g/mol. The summed E-state index contributed by atoms with van der Waals surface area (Å²) in [5.74, 6) is 0.187. The minimum atomic E-state index is -0.434. The Morgan fingerprint density at radius 1 is 1.21 bits per heavy atom. The zero-order valence-electron chi connectivity index (χ0n) is 10.7. The van der Waals surface area contributed by atoms with E-state index in [2.05, 4.69) is 9.97 Å². The second-order valence-electron chi connectivity index (χ2n) is 4.08. The minimum absolute atomic E-state index is 0.310. The summed E-state index contributed by atoms with van der Waals surface area (Å²) in [6.07, 6.45) is 5.61. The highest BCUT2D eigenvalue weighted by atomic mass is 19.1. The van der Waals surface area contributed by atoms with E-state index in [-0.39, 0.29) is 6.61 Å². The number of aromatic nitrogens is 2. The lowest BCUT2D eigenvalue weighted by Crippen LogP contribution is -1.91. The van der Waals surface area contributed by atoms with Gasteiger partial charge in [0.1, 0.15) is 5.83 Å². The molecule has 0 saturated carbocycles. The lowest BCUT2D eigenvalue weighted by Gasteiger charge is -2.03. The lowest BCUT2D eigenvalue weighted by atomic mass is 10.1. The molecule has 19 heavy (non-hydrogen) atoms. The standard InChI is InChI=1S/C15H15FN2O/c1-2-11-9-17-15(18-10-11)13-5-3-12(4-6-13)14(16)7-8-19/h3-7,9-10,19H,2,8H2,1H3. The molecule has 3 nitrogen and oxygen atoms in total. The first-order valence-corrected chi connectivity index (χ1v) is 6.13. The van der Waals surface area contributed by atoms with Crippen LogP contribution in [0.4, 0.5) is 4.39 Å². The molecule has 1 N–H and O–H groups in total. The third kappa shape index (κ3) is 3.23. The van der Waals surface area contributed by atoms with Crippen molar-refractivity contribution in [3.63, 3.8) is 0 Å².